The van der Waals surface area contributed by atoms with Crippen LogP contribution in [0.1, 0.15) is 12.0 Å². The van der Waals surface area contributed by atoms with E-state index in [9.17, 15) is 4.79 Å². The fourth-order valence-electron chi connectivity index (χ4n) is 1.65. The fourth-order valence-corrected chi connectivity index (χ4v) is 1.65. The highest BCUT2D eigenvalue weighted by molar-refractivity contribution is 5.75. The number of aromatic nitrogens is 1. The zero-order chi connectivity index (χ0) is 13.9. The summed E-state index contributed by atoms with van der Waals surface area (Å²) in [5.74, 6) is 0.0767. The van der Waals surface area contributed by atoms with Gasteiger partial charge in [0.2, 0.25) is 5.91 Å². The van der Waals surface area contributed by atoms with Crippen molar-refractivity contribution in [2.24, 2.45) is 0 Å². The van der Waals surface area contributed by atoms with Gasteiger partial charge in [-0.3, -0.25) is 9.78 Å². The lowest BCUT2D eigenvalue weighted by Gasteiger charge is -2.16. The molecule has 0 atom stereocenters. The van der Waals surface area contributed by atoms with E-state index in [-0.39, 0.29) is 5.91 Å². The van der Waals surface area contributed by atoms with E-state index in [2.05, 4.69) is 15.2 Å². The number of carbonyl (C=O) groups is 1. The first-order valence-electron chi connectivity index (χ1n) is 6.55. The predicted octanol–water partition coefficient (Wildman–Crippen LogP) is 0.709. The summed E-state index contributed by atoms with van der Waals surface area (Å²) in [6.07, 6.45) is 5.11. The van der Waals surface area contributed by atoms with Crippen LogP contribution in [0.15, 0.2) is 24.5 Å². The molecule has 0 aliphatic heterocycles. The van der Waals surface area contributed by atoms with Crippen molar-refractivity contribution >= 4 is 5.91 Å². The maximum Gasteiger partial charge on any atom is 0.221 e. The highest BCUT2D eigenvalue weighted by atomic mass is 16.5. The largest absolute Gasteiger partial charge is 0.383 e. The Balaban J connectivity index is 2.10. The van der Waals surface area contributed by atoms with Crippen LogP contribution in [0, 0.1) is 0 Å². The third-order valence-electron chi connectivity index (χ3n) is 2.88. The number of hydrogen-bond acceptors (Lipinski definition) is 4. The smallest absolute Gasteiger partial charge is 0.221 e. The number of hydrogen-bond donors (Lipinski definition) is 1. The van der Waals surface area contributed by atoms with E-state index in [1.807, 2.05) is 19.2 Å². The molecule has 5 nitrogen and oxygen atoms in total. The number of pyridine rings is 1. The number of methoxy groups -OCH3 is 1. The summed E-state index contributed by atoms with van der Waals surface area (Å²) in [5, 5.41) is 2.81. The summed E-state index contributed by atoms with van der Waals surface area (Å²) in [6.45, 7) is 2.85. The quantitative estimate of drug-likeness (QED) is 0.668. The Bertz CT molecular complexity index is 357. The van der Waals surface area contributed by atoms with Crippen LogP contribution >= 0.6 is 0 Å². The molecule has 0 radical (unpaired) electrons. The lowest BCUT2D eigenvalue weighted by Crippen LogP contribution is -2.31. The molecule has 0 saturated heterocycles. The minimum atomic E-state index is 0.0767. The Labute approximate surface area is 115 Å². The van der Waals surface area contributed by atoms with Gasteiger partial charge in [-0.1, -0.05) is 0 Å². The number of nitrogens with zero attached hydrogens (tertiary/aromatic N) is 2. The van der Waals surface area contributed by atoms with Gasteiger partial charge in [0.1, 0.15) is 0 Å². The van der Waals surface area contributed by atoms with Crippen LogP contribution < -0.4 is 5.32 Å². The molecular formula is C14H23N3O2. The molecule has 0 aromatic carbocycles. The van der Waals surface area contributed by atoms with E-state index in [1.165, 1.54) is 5.56 Å². The topological polar surface area (TPSA) is 54.5 Å². The molecule has 106 valence electrons. The average molecular weight is 265 g/mol. The van der Waals surface area contributed by atoms with E-state index in [1.54, 1.807) is 19.5 Å². The Morgan fingerprint density at radius 3 is 2.79 bits per heavy atom. The first-order chi connectivity index (χ1) is 9.22. The molecule has 1 amide bonds. The van der Waals surface area contributed by atoms with Crippen LogP contribution in [0.5, 0.6) is 0 Å². The van der Waals surface area contributed by atoms with Crippen molar-refractivity contribution in [3.05, 3.63) is 30.1 Å². The van der Waals surface area contributed by atoms with Crippen molar-refractivity contribution in [2.45, 2.75) is 12.8 Å². The molecule has 0 aliphatic rings. The molecule has 1 aromatic rings. The molecule has 5 heteroatoms. The second-order valence-corrected chi connectivity index (χ2v) is 4.50. The summed E-state index contributed by atoms with van der Waals surface area (Å²) in [6, 6.07) is 4.04. The SMILES string of the molecule is COCCNC(=O)CCN(C)CCc1ccncc1. The van der Waals surface area contributed by atoms with Crippen molar-refractivity contribution in [3.63, 3.8) is 0 Å². The molecule has 1 heterocycles. The van der Waals surface area contributed by atoms with Crippen LogP contribution in [0.4, 0.5) is 0 Å². The van der Waals surface area contributed by atoms with Crippen LogP contribution in [-0.4, -0.2) is 56.2 Å². The molecule has 1 aromatic heterocycles. The third kappa shape index (κ3) is 7.54. The van der Waals surface area contributed by atoms with Crippen molar-refractivity contribution < 1.29 is 9.53 Å². The Morgan fingerprint density at radius 1 is 1.37 bits per heavy atom. The van der Waals surface area contributed by atoms with Crippen molar-refractivity contribution in [1.29, 1.82) is 0 Å². The van der Waals surface area contributed by atoms with Gasteiger partial charge in [0.15, 0.2) is 0 Å². The van der Waals surface area contributed by atoms with Gasteiger partial charge < -0.3 is 15.0 Å². The second kappa shape index (κ2) is 9.47. The second-order valence-electron chi connectivity index (χ2n) is 4.50. The monoisotopic (exact) mass is 265 g/mol. The summed E-state index contributed by atoms with van der Waals surface area (Å²) < 4.78 is 4.88. The maximum atomic E-state index is 11.5. The number of ether oxygens (including phenoxy) is 1. The number of carbonyl (C=O) groups excluding carboxylic acids is 1. The summed E-state index contributed by atoms with van der Waals surface area (Å²) in [7, 11) is 3.66. The maximum absolute atomic E-state index is 11.5. The van der Waals surface area contributed by atoms with E-state index >= 15 is 0 Å². The van der Waals surface area contributed by atoms with Gasteiger partial charge in [0.25, 0.3) is 0 Å². The third-order valence-corrected chi connectivity index (χ3v) is 2.88. The molecule has 0 unspecified atom stereocenters. The minimum absolute atomic E-state index is 0.0767. The molecule has 1 rings (SSSR count). The summed E-state index contributed by atoms with van der Waals surface area (Å²) >= 11 is 0. The first kappa shape index (κ1) is 15.6. The van der Waals surface area contributed by atoms with Crippen LogP contribution in [-0.2, 0) is 16.0 Å². The molecule has 0 bridgehead atoms. The Kier molecular flexibility index (Phi) is 7.77. The van der Waals surface area contributed by atoms with Gasteiger partial charge in [-0.25, -0.2) is 0 Å². The van der Waals surface area contributed by atoms with Gasteiger partial charge in [-0.15, -0.1) is 0 Å². The van der Waals surface area contributed by atoms with E-state index in [4.69, 9.17) is 4.74 Å². The van der Waals surface area contributed by atoms with Crippen LogP contribution in [0.25, 0.3) is 0 Å². The van der Waals surface area contributed by atoms with E-state index in [0.29, 0.717) is 19.6 Å². The molecule has 0 spiro atoms. The fraction of sp³-hybridized carbons (Fsp3) is 0.571. The Morgan fingerprint density at radius 2 is 2.11 bits per heavy atom. The predicted molar refractivity (Wildman–Crippen MR) is 74.9 cm³/mol. The lowest BCUT2D eigenvalue weighted by atomic mass is 10.2. The van der Waals surface area contributed by atoms with Gasteiger partial charge in [-0.2, -0.15) is 0 Å². The Hall–Kier alpha value is -1.46. The molecule has 0 fully saturated rings. The minimum Gasteiger partial charge on any atom is -0.383 e. The average Bonchev–Trinajstić information content (AvgIpc) is 2.44. The molecule has 1 N–H and O–H groups in total. The van der Waals surface area contributed by atoms with Gasteiger partial charge in [-0.05, 0) is 31.2 Å². The highest BCUT2D eigenvalue weighted by Gasteiger charge is 2.04. The summed E-state index contributed by atoms with van der Waals surface area (Å²) in [5.41, 5.74) is 1.27. The van der Waals surface area contributed by atoms with Gasteiger partial charge in [0.05, 0.1) is 6.61 Å². The van der Waals surface area contributed by atoms with Crippen molar-refractivity contribution in [1.82, 2.24) is 15.2 Å². The van der Waals surface area contributed by atoms with E-state index in [0.717, 1.165) is 19.5 Å². The normalized spacial score (nSPS) is 10.7. The standard InChI is InChI=1S/C14H23N3O2/c1-17(10-5-13-3-7-15-8-4-13)11-6-14(18)16-9-12-19-2/h3-4,7-8H,5-6,9-12H2,1-2H3,(H,16,18). The van der Waals surface area contributed by atoms with Crippen molar-refractivity contribution in [2.75, 3.05) is 40.4 Å². The van der Waals surface area contributed by atoms with Crippen LogP contribution in [0.3, 0.4) is 0 Å². The van der Waals surface area contributed by atoms with E-state index < -0.39 is 0 Å². The van der Waals surface area contributed by atoms with Crippen LogP contribution in [0.2, 0.25) is 0 Å². The summed E-state index contributed by atoms with van der Waals surface area (Å²) in [4.78, 5) is 17.6. The van der Waals surface area contributed by atoms with Gasteiger partial charge >= 0.3 is 0 Å². The highest BCUT2D eigenvalue weighted by Crippen LogP contribution is 1.99. The number of likely N-dealkylation sites (N-methyl/N-ethyl adjacent to an activating group) is 1. The number of amides is 1. The molecule has 0 aliphatic carbocycles. The number of nitrogens with one attached hydrogen (secondary N) is 1. The first-order valence-corrected chi connectivity index (χ1v) is 6.55. The molecule has 0 saturated carbocycles. The number of rotatable bonds is 9. The lowest BCUT2D eigenvalue weighted by molar-refractivity contribution is -0.121. The zero-order valence-electron chi connectivity index (χ0n) is 11.8. The van der Waals surface area contributed by atoms with Crippen molar-refractivity contribution in [3.8, 4) is 0 Å². The van der Waals surface area contributed by atoms with Gasteiger partial charge in [0, 0.05) is 45.6 Å². The molecular weight excluding hydrogens is 242 g/mol. The molecule has 19 heavy (non-hydrogen) atoms. The zero-order valence-corrected chi connectivity index (χ0v) is 11.8.